The first-order valence-corrected chi connectivity index (χ1v) is 8.80. The lowest BCUT2D eigenvalue weighted by atomic mass is 9.98. The number of piperidine rings is 1. The van der Waals surface area contributed by atoms with Crippen LogP contribution in [0.4, 0.5) is 0 Å². The molecule has 3 aliphatic rings. The first-order chi connectivity index (χ1) is 11.2. The van der Waals surface area contributed by atoms with E-state index in [1.54, 1.807) is 6.20 Å². The van der Waals surface area contributed by atoms with Crippen LogP contribution in [0.15, 0.2) is 18.5 Å². The lowest BCUT2D eigenvalue weighted by Crippen LogP contribution is -2.48. The van der Waals surface area contributed by atoms with Crippen molar-refractivity contribution in [3.63, 3.8) is 0 Å². The minimum absolute atomic E-state index is 0.138. The number of rotatable bonds is 4. The van der Waals surface area contributed by atoms with Crippen LogP contribution in [0.1, 0.15) is 38.5 Å². The van der Waals surface area contributed by atoms with E-state index in [1.165, 1.54) is 0 Å². The van der Waals surface area contributed by atoms with Crippen molar-refractivity contribution in [1.29, 1.82) is 0 Å². The summed E-state index contributed by atoms with van der Waals surface area (Å²) in [6.07, 6.45) is 9.60. The molecule has 6 heteroatoms. The van der Waals surface area contributed by atoms with Crippen molar-refractivity contribution >= 4 is 11.8 Å². The van der Waals surface area contributed by atoms with E-state index >= 15 is 0 Å². The molecule has 124 valence electrons. The zero-order chi connectivity index (χ0) is 15.8. The van der Waals surface area contributed by atoms with Crippen LogP contribution in [0.3, 0.4) is 0 Å². The third-order valence-corrected chi connectivity index (χ3v) is 5.36. The molecule has 0 unspecified atom stereocenters. The van der Waals surface area contributed by atoms with Crippen molar-refractivity contribution in [2.45, 2.75) is 57.2 Å². The summed E-state index contributed by atoms with van der Waals surface area (Å²) in [6, 6.07) is 2.54. The van der Waals surface area contributed by atoms with Gasteiger partial charge in [-0.25, -0.2) is 0 Å². The molecule has 1 aliphatic carbocycles. The molecule has 2 atom stereocenters. The number of hydrogen-bond donors (Lipinski definition) is 0. The SMILES string of the molecule is O=C1C[C@@H](C(=O)N2CCCC[C@@H]2Cn2cccn2)CN1C1CC1. The summed E-state index contributed by atoms with van der Waals surface area (Å²) >= 11 is 0. The van der Waals surface area contributed by atoms with Crippen LogP contribution in [0, 0.1) is 5.92 Å². The van der Waals surface area contributed by atoms with Crippen LogP contribution in [0.2, 0.25) is 0 Å². The van der Waals surface area contributed by atoms with Crippen molar-refractivity contribution in [3.8, 4) is 0 Å². The second-order valence-electron chi connectivity index (χ2n) is 7.09. The molecule has 0 spiro atoms. The van der Waals surface area contributed by atoms with Crippen LogP contribution in [0.25, 0.3) is 0 Å². The minimum atomic E-state index is -0.138. The van der Waals surface area contributed by atoms with Gasteiger partial charge in [-0.2, -0.15) is 5.10 Å². The molecule has 2 aliphatic heterocycles. The Balaban J connectivity index is 1.44. The van der Waals surface area contributed by atoms with Crippen LogP contribution in [0.5, 0.6) is 0 Å². The number of amides is 2. The predicted octanol–water partition coefficient (Wildman–Crippen LogP) is 1.28. The maximum Gasteiger partial charge on any atom is 0.228 e. The first-order valence-electron chi connectivity index (χ1n) is 8.80. The number of carbonyl (C=O) groups excluding carboxylic acids is 2. The lowest BCUT2D eigenvalue weighted by molar-refractivity contribution is -0.139. The van der Waals surface area contributed by atoms with Crippen LogP contribution >= 0.6 is 0 Å². The Bertz CT molecular complexity index is 581. The Kier molecular flexibility index (Phi) is 3.83. The van der Waals surface area contributed by atoms with Crippen molar-refractivity contribution in [3.05, 3.63) is 18.5 Å². The number of aromatic nitrogens is 2. The predicted molar refractivity (Wildman–Crippen MR) is 84.4 cm³/mol. The highest BCUT2D eigenvalue weighted by Gasteiger charge is 2.43. The van der Waals surface area contributed by atoms with E-state index in [-0.39, 0.29) is 23.8 Å². The average Bonchev–Trinajstić information content (AvgIpc) is 3.13. The van der Waals surface area contributed by atoms with Gasteiger partial charge >= 0.3 is 0 Å². The summed E-state index contributed by atoms with van der Waals surface area (Å²) < 4.78 is 1.91. The number of hydrogen-bond acceptors (Lipinski definition) is 3. The summed E-state index contributed by atoms with van der Waals surface area (Å²) in [5, 5.41) is 4.27. The highest BCUT2D eigenvalue weighted by atomic mass is 16.2. The fraction of sp³-hybridized carbons (Fsp3) is 0.706. The van der Waals surface area contributed by atoms with Gasteiger partial charge in [0.15, 0.2) is 0 Å². The summed E-state index contributed by atoms with van der Waals surface area (Å²) in [5.74, 6) is 0.214. The highest BCUT2D eigenvalue weighted by Crippen LogP contribution is 2.34. The Morgan fingerprint density at radius 1 is 1.26 bits per heavy atom. The maximum atomic E-state index is 13.0. The maximum absolute atomic E-state index is 13.0. The van der Waals surface area contributed by atoms with E-state index in [0.717, 1.165) is 45.2 Å². The van der Waals surface area contributed by atoms with E-state index in [1.807, 2.05) is 26.7 Å². The van der Waals surface area contributed by atoms with Crippen LogP contribution < -0.4 is 0 Å². The lowest BCUT2D eigenvalue weighted by Gasteiger charge is -2.37. The van der Waals surface area contributed by atoms with Gasteiger partial charge in [-0.1, -0.05) is 0 Å². The third kappa shape index (κ3) is 2.99. The molecule has 1 aromatic rings. The average molecular weight is 316 g/mol. The Labute approximate surface area is 136 Å². The molecule has 0 radical (unpaired) electrons. The molecular formula is C17H24N4O2. The van der Waals surface area contributed by atoms with Gasteiger partial charge in [-0.3, -0.25) is 14.3 Å². The topological polar surface area (TPSA) is 58.4 Å². The van der Waals surface area contributed by atoms with Gasteiger partial charge in [0, 0.05) is 37.9 Å². The van der Waals surface area contributed by atoms with Gasteiger partial charge < -0.3 is 9.80 Å². The highest BCUT2D eigenvalue weighted by molar-refractivity contribution is 5.89. The smallest absolute Gasteiger partial charge is 0.228 e. The van der Waals surface area contributed by atoms with Gasteiger partial charge in [-0.15, -0.1) is 0 Å². The van der Waals surface area contributed by atoms with Gasteiger partial charge in [0.1, 0.15) is 0 Å². The molecule has 2 saturated heterocycles. The van der Waals surface area contributed by atoms with Gasteiger partial charge in [0.05, 0.1) is 18.5 Å². The summed E-state index contributed by atoms with van der Waals surface area (Å²) in [7, 11) is 0. The van der Waals surface area contributed by atoms with Gasteiger partial charge in [-0.05, 0) is 38.2 Å². The largest absolute Gasteiger partial charge is 0.339 e. The molecule has 0 N–H and O–H groups in total. The van der Waals surface area contributed by atoms with Crippen molar-refractivity contribution < 1.29 is 9.59 Å². The molecule has 3 heterocycles. The monoisotopic (exact) mass is 316 g/mol. The van der Waals surface area contributed by atoms with Gasteiger partial charge in [0.25, 0.3) is 0 Å². The molecule has 2 amide bonds. The summed E-state index contributed by atoms with van der Waals surface area (Å²) in [5.41, 5.74) is 0. The van der Waals surface area contributed by atoms with Gasteiger partial charge in [0.2, 0.25) is 11.8 Å². The Morgan fingerprint density at radius 3 is 2.87 bits per heavy atom. The molecule has 1 saturated carbocycles. The Hall–Kier alpha value is -1.85. The van der Waals surface area contributed by atoms with E-state index in [9.17, 15) is 9.59 Å². The summed E-state index contributed by atoms with van der Waals surface area (Å²) in [4.78, 5) is 29.1. The molecule has 6 nitrogen and oxygen atoms in total. The fourth-order valence-electron chi connectivity index (χ4n) is 3.98. The van der Waals surface area contributed by atoms with Crippen molar-refractivity contribution in [2.75, 3.05) is 13.1 Å². The first kappa shape index (κ1) is 14.7. The van der Waals surface area contributed by atoms with E-state index in [4.69, 9.17) is 0 Å². The second kappa shape index (κ2) is 5.98. The van der Waals surface area contributed by atoms with E-state index in [0.29, 0.717) is 19.0 Å². The molecular weight excluding hydrogens is 292 g/mol. The molecule has 0 bridgehead atoms. The van der Waals surface area contributed by atoms with Crippen LogP contribution in [-0.2, 0) is 16.1 Å². The zero-order valence-electron chi connectivity index (χ0n) is 13.4. The second-order valence-corrected chi connectivity index (χ2v) is 7.09. The molecule has 4 rings (SSSR count). The quantitative estimate of drug-likeness (QED) is 0.841. The standard InChI is InChI=1S/C17H24N4O2/c22-16-10-13(11-21(16)14-5-6-14)17(23)20-9-2-1-4-15(20)12-19-8-3-7-18-19/h3,7-8,13-15H,1-2,4-6,9-12H2/t13-,15-/m1/s1. The zero-order valence-corrected chi connectivity index (χ0v) is 13.4. The summed E-state index contributed by atoms with van der Waals surface area (Å²) in [6.45, 7) is 2.21. The van der Waals surface area contributed by atoms with Crippen molar-refractivity contribution in [2.24, 2.45) is 5.92 Å². The van der Waals surface area contributed by atoms with E-state index < -0.39 is 0 Å². The molecule has 3 fully saturated rings. The number of carbonyl (C=O) groups is 2. The molecule has 23 heavy (non-hydrogen) atoms. The van der Waals surface area contributed by atoms with Crippen molar-refractivity contribution in [1.82, 2.24) is 19.6 Å². The minimum Gasteiger partial charge on any atom is -0.339 e. The van der Waals surface area contributed by atoms with Crippen LogP contribution in [-0.4, -0.2) is 56.6 Å². The molecule has 0 aromatic carbocycles. The molecule has 1 aromatic heterocycles. The number of likely N-dealkylation sites (tertiary alicyclic amines) is 2. The number of nitrogens with zero attached hydrogens (tertiary/aromatic N) is 4. The van der Waals surface area contributed by atoms with E-state index in [2.05, 4.69) is 5.10 Å². The fourth-order valence-corrected chi connectivity index (χ4v) is 3.98. The normalized spacial score (nSPS) is 28.4. The third-order valence-electron chi connectivity index (χ3n) is 5.36. The Morgan fingerprint density at radius 2 is 2.13 bits per heavy atom.